The Morgan fingerprint density at radius 2 is 0.960 bits per heavy atom. The Hall–Kier alpha value is -1.93. The fraction of sp³-hybridized carbons (Fsp3) is 0.565. The molecule has 0 saturated carbocycles. The van der Waals surface area contributed by atoms with E-state index < -0.39 is 7.26 Å². The zero-order chi connectivity index (χ0) is 35.0. The van der Waals surface area contributed by atoms with Crippen molar-refractivity contribution in [1.82, 2.24) is 4.90 Å². The minimum absolute atomic E-state index is 0. The number of ether oxygens (including phenoxy) is 1. The molecule has 0 aliphatic carbocycles. The number of likely N-dealkylation sites (N-methyl/N-ethyl adjacent to an activating group) is 1. The van der Waals surface area contributed by atoms with Gasteiger partial charge in [0, 0.05) is 13.8 Å². The van der Waals surface area contributed by atoms with Gasteiger partial charge in [-0.1, -0.05) is 145 Å². The summed E-state index contributed by atoms with van der Waals surface area (Å²) in [5.74, 6) is 0.935. The molecule has 278 valence electrons. The van der Waals surface area contributed by atoms with E-state index in [-0.39, 0.29) is 17.0 Å². The first-order valence-corrected chi connectivity index (χ1v) is 22.6. The van der Waals surface area contributed by atoms with Crippen LogP contribution in [0.2, 0.25) is 0 Å². The zero-order valence-electron chi connectivity index (χ0n) is 32.6. The third kappa shape index (κ3) is 16.6. The van der Waals surface area contributed by atoms with Crippen molar-refractivity contribution in [3.8, 4) is 5.75 Å². The van der Waals surface area contributed by atoms with Crippen molar-refractivity contribution in [3.05, 3.63) is 102 Å². The quantitative estimate of drug-likeness (QED) is 0.0436. The second-order valence-electron chi connectivity index (χ2n) is 14.6. The summed E-state index contributed by atoms with van der Waals surface area (Å²) in [5.41, 5.74) is 6.68. The fourth-order valence-corrected chi connectivity index (χ4v) is 12.4. The van der Waals surface area contributed by atoms with Gasteiger partial charge in [0.05, 0.1) is 24.6 Å². The summed E-state index contributed by atoms with van der Waals surface area (Å²) >= 11 is 0. The molecule has 0 fully saturated rings. The molecule has 0 unspecified atom stereocenters. The van der Waals surface area contributed by atoms with Crippen molar-refractivity contribution < 1.29 is 21.7 Å². The van der Waals surface area contributed by atoms with Crippen LogP contribution in [-0.4, -0.2) is 56.8 Å². The topological polar surface area (TPSA) is 12.5 Å². The fourth-order valence-electron chi connectivity index (χ4n) is 7.20. The van der Waals surface area contributed by atoms with Crippen LogP contribution >= 0.6 is 7.26 Å². The predicted octanol–water partition coefficient (Wildman–Crippen LogP) is 10.5. The SMILES string of the molecule is CCCC[P+](CCCC)(CCCC)CCCCCCCCCC/C(=C(\c1ccccc1)c1ccc(OCCN(C)C)cc1)c1ccccc1.[Br-]. The van der Waals surface area contributed by atoms with E-state index in [0.29, 0.717) is 6.61 Å². The maximum absolute atomic E-state index is 6.04. The second kappa shape index (κ2) is 26.8. The molecular formula is C46H71BrNOP. The first-order chi connectivity index (χ1) is 24.0. The van der Waals surface area contributed by atoms with Crippen LogP contribution in [-0.2, 0) is 0 Å². The summed E-state index contributed by atoms with van der Waals surface area (Å²) in [6.07, 6.45) is 26.9. The van der Waals surface area contributed by atoms with Gasteiger partial charge in [0.1, 0.15) is 12.4 Å². The Bertz CT molecular complexity index is 1250. The third-order valence-electron chi connectivity index (χ3n) is 10.2. The van der Waals surface area contributed by atoms with Gasteiger partial charge < -0.3 is 26.6 Å². The second-order valence-corrected chi connectivity index (χ2v) is 19.1. The van der Waals surface area contributed by atoms with Gasteiger partial charge in [-0.25, -0.2) is 0 Å². The van der Waals surface area contributed by atoms with Crippen LogP contribution < -0.4 is 21.7 Å². The molecule has 0 heterocycles. The van der Waals surface area contributed by atoms with Gasteiger partial charge in [0.15, 0.2) is 0 Å². The summed E-state index contributed by atoms with van der Waals surface area (Å²) in [4.78, 5) is 2.15. The van der Waals surface area contributed by atoms with E-state index in [0.717, 1.165) is 18.7 Å². The van der Waals surface area contributed by atoms with Gasteiger partial charge in [-0.2, -0.15) is 0 Å². The lowest BCUT2D eigenvalue weighted by Crippen LogP contribution is -3.00. The molecule has 0 bridgehead atoms. The van der Waals surface area contributed by atoms with E-state index in [2.05, 4.69) is 125 Å². The molecule has 0 aliphatic rings. The number of nitrogens with zero attached hydrogens (tertiary/aromatic N) is 1. The first kappa shape index (κ1) is 44.2. The Balaban J connectivity index is 0.00000867. The van der Waals surface area contributed by atoms with E-state index in [9.17, 15) is 0 Å². The summed E-state index contributed by atoms with van der Waals surface area (Å²) in [6.45, 7) is 8.77. The highest BCUT2D eigenvalue weighted by Crippen LogP contribution is 2.61. The van der Waals surface area contributed by atoms with Gasteiger partial charge >= 0.3 is 0 Å². The van der Waals surface area contributed by atoms with Crippen LogP contribution in [0.25, 0.3) is 11.1 Å². The average molecular weight is 765 g/mol. The average Bonchev–Trinajstić information content (AvgIpc) is 3.13. The molecule has 3 rings (SSSR count). The van der Waals surface area contributed by atoms with Crippen LogP contribution in [0.4, 0.5) is 0 Å². The van der Waals surface area contributed by atoms with Gasteiger partial charge in [0.2, 0.25) is 0 Å². The summed E-state index contributed by atoms with van der Waals surface area (Å²) in [6, 6.07) is 30.8. The van der Waals surface area contributed by atoms with Gasteiger partial charge in [-0.05, 0) is 99.0 Å². The first-order valence-electron chi connectivity index (χ1n) is 20.1. The molecule has 0 aromatic heterocycles. The van der Waals surface area contributed by atoms with Crippen LogP contribution in [0, 0.1) is 0 Å². The Kier molecular flexibility index (Phi) is 23.7. The molecule has 0 spiro atoms. The van der Waals surface area contributed by atoms with Crippen LogP contribution in [0.3, 0.4) is 0 Å². The van der Waals surface area contributed by atoms with E-state index >= 15 is 0 Å². The lowest BCUT2D eigenvalue weighted by atomic mass is 9.86. The smallest absolute Gasteiger partial charge is 0.119 e. The Morgan fingerprint density at radius 1 is 0.520 bits per heavy atom. The van der Waals surface area contributed by atoms with Gasteiger partial charge in [0.25, 0.3) is 0 Å². The normalized spacial score (nSPS) is 12.1. The van der Waals surface area contributed by atoms with E-state index in [4.69, 9.17) is 4.74 Å². The monoisotopic (exact) mass is 763 g/mol. The number of hydrogen-bond donors (Lipinski definition) is 0. The molecule has 0 radical (unpaired) electrons. The standard InChI is InChI=1S/C46H71NOP.BrH/c1-6-9-37-49(38-10-7-2,39-11-8-3)40-25-17-15-13-12-14-16-24-30-45(41-26-20-18-21-27-41)46(42-28-22-19-23-29-42)43-31-33-44(34-32-43)48-36-35-47(4)5;/h18-23,26-29,31-34H,6-17,24-25,30,35-40H2,1-5H3;1H/q+1;/p-1/b46-45-;. The highest BCUT2D eigenvalue weighted by Gasteiger charge is 2.34. The van der Waals surface area contributed by atoms with Gasteiger partial charge in [-0.3, -0.25) is 0 Å². The molecule has 2 nitrogen and oxygen atoms in total. The Labute approximate surface area is 320 Å². The van der Waals surface area contributed by atoms with Crippen LogP contribution in [0.1, 0.15) is 134 Å². The van der Waals surface area contributed by atoms with Gasteiger partial charge in [-0.15, -0.1) is 0 Å². The molecule has 3 aromatic rings. The highest BCUT2D eigenvalue weighted by atomic mass is 79.9. The molecule has 0 saturated heterocycles. The van der Waals surface area contributed by atoms with Crippen molar-refractivity contribution in [3.63, 3.8) is 0 Å². The molecule has 50 heavy (non-hydrogen) atoms. The van der Waals surface area contributed by atoms with Crippen molar-refractivity contribution in [2.75, 3.05) is 51.9 Å². The number of benzene rings is 3. The molecule has 0 atom stereocenters. The maximum atomic E-state index is 6.04. The number of allylic oxidation sites excluding steroid dienone is 1. The van der Waals surface area contributed by atoms with Crippen LogP contribution in [0.15, 0.2) is 84.9 Å². The summed E-state index contributed by atoms with van der Waals surface area (Å²) in [7, 11) is 3.44. The molecule has 0 N–H and O–H groups in total. The molecular weight excluding hydrogens is 693 g/mol. The van der Waals surface area contributed by atoms with E-state index in [1.165, 1.54) is 118 Å². The van der Waals surface area contributed by atoms with E-state index in [1.807, 2.05) is 0 Å². The molecule has 3 aromatic carbocycles. The summed E-state index contributed by atoms with van der Waals surface area (Å²) < 4.78 is 6.04. The lowest BCUT2D eigenvalue weighted by molar-refractivity contribution is -0.0000109. The molecule has 0 aliphatic heterocycles. The van der Waals surface area contributed by atoms with Crippen molar-refractivity contribution in [1.29, 1.82) is 0 Å². The Morgan fingerprint density at radius 3 is 1.46 bits per heavy atom. The minimum Gasteiger partial charge on any atom is -1.00 e. The molecule has 0 amide bonds. The highest BCUT2D eigenvalue weighted by molar-refractivity contribution is 7.75. The zero-order valence-corrected chi connectivity index (χ0v) is 35.1. The third-order valence-corrected chi connectivity index (χ3v) is 15.3. The maximum Gasteiger partial charge on any atom is 0.119 e. The van der Waals surface area contributed by atoms with Crippen LogP contribution in [0.5, 0.6) is 5.75 Å². The predicted molar refractivity (Wildman–Crippen MR) is 222 cm³/mol. The molecule has 4 heteroatoms. The largest absolute Gasteiger partial charge is 1.00 e. The van der Waals surface area contributed by atoms with Crippen molar-refractivity contribution in [2.45, 2.75) is 117 Å². The van der Waals surface area contributed by atoms with Crippen molar-refractivity contribution in [2.24, 2.45) is 0 Å². The van der Waals surface area contributed by atoms with E-state index in [1.54, 1.807) is 24.6 Å². The minimum atomic E-state index is -0.727. The number of rotatable bonds is 27. The summed E-state index contributed by atoms with van der Waals surface area (Å²) in [5, 5.41) is 0. The number of unbranched alkanes of at least 4 members (excludes halogenated alkanes) is 10. The lowest BCUT2D eigenvalue weighted by Gasteiger charge is -2.28. The van der Waals surface area contributed by atoms with Crippen molar-refractivity contribution >= 4 is 18.4 Å². The number of hydrogen-bond acceptors (Lipinski definition) is 2. The number of halogens is 1.